The number of anilines is 1. The number of ether oxygens (including phenoxy) is 3. The second-order valence-electron chi connectivity index (χ2n) is 8.39. The summed E-state index contributed by atoms with van der Waals surface area (Å²) in [7, 11) is 6.65. The number of benzene rings is 1. The summed E-state index contributed by atoms with van der Waals surface area (Å²) in [5.41, 5.74) is 3.08. The number of halogens is 1. The van der Waals surface area contributed by atoms with Gasteiger partial charge in [-0.2, -0.15) is 0 Å². The summed E-state index contributed by atoms with van der Waals surface area (Å²) in [6.07, 6.45) is 6.33. The van der Waals surface area contributed by atoms with Crippen molar-refractivity contribution in [3.63, 3.8) is 0 Å². The molecule has 2 aromatic rings. The van der Waals surface area contributed by atoms with Gasteiger partial charge in [0.25, 0.3) is 5.91 Å². The summed E-state index contributed by atoms with van der Waals surface area (Å²) in [5, 5.41) is 6.44. The Bertz CT molecular complexity index is 1100. The van der Waals surface area contributed by atoms with E-state index < -0.39 is 5.91 Å². The Morgan fingerprint density at radius 1 is 1.19 bits per heavy atom. The number of rotatable bonds is 12. The number of hydrogen-bond acceptors (Lipinski definition) is 10. The number of carbonyl (C=O) groups is 2. The molecule has 1 saturated heterocycles. The lowest BCUT2D eigenvalue weighted by molar-refractivity contribution is -0.117. The predicted octanol–water partition coefficient (Wildman–Crippen LogP) is 1.42. The third-order valence-electron chi connectivity index (χ3n) is 5.28. The van der Waals surface area contributed by atoms with Crippen LogP contribution in [0.4, 0.5) is 5.95 Å². The summed E-state index contributed by atoms with van der Waals surface area (Å²) in [5.74, 6) is 0.447. The molecule has 2 atom stereocenters. The van der Waals surface area contributed by atoms with Crippen molar-refractivity contribution in [2.75, 3.05) is 53.4 Å². The Labute approximate surface area is 220 Å². The number of methoxy groups -OCH3 is 1. The lowest BCUT2D eigenvalue weighted by Crippen LogP contribution is -2.45. The summed E-state index contributed by atoms with van der Waals surface area (Å²) in [6.45, 7) is 1.51. The van der Waals surface area contributed by atoms with Crippen LogP contribution in [0.5, 0.6) is 11.5 Å². The lowest BCUT2D eigenvalue weighted by Gasteiger charge is -2.19. The van der Waals surface area contributed by atoms with Crippen LogP contribution in [0.25, 0.3) is 0 Å². The zero-order valence-corrected chi connectivity index (χ0v) is 21.9. The van der Waals surface area contributed by atoms with E-state index in [1.54, 1.807) is 12.1 Å². The van der Waals surface area contributed by atoms with E-state index in [2.05, 4.69) is 30.9 Å². The number of hydrogen-bond donors (Lipinski definition) is 3. The first-order valence-electron chi connectivity index (χ1n) is 11.4. The molecule has 1 fully saturated rings. The van der Waals surface area contributed by atoms with Gasteiger partial charge in [-0.25, -0.2) is 15.4 Å². The molecule has 37 heavy (non-hydrogen) atoms. The molecule has 0 aliphatic carbocycles. The van der Waals surface area contributed by atoms with Crippen LogP contribution in [0.15, 0.2) is 36.7 Å². The molecule has 2 unspecified atom stereocenters. The molecular weight excluding hydrogens is 504 g/mol. The van der Waals surface area contributed by atoms with Crippen molar-refractivity contribution in [1.29, 1.82) is 0 Å². The fraction of sp³-hybridized carbons (Fsp3) is 0.417. The highest BCUT2D eigenvalue weighted by Gasteiger charge is 2.29. The van der Waals surface area contributed by atoms with Crippen LogP contribution < -0.4 is 25.6 Å². The average Bonchev–Trinajstić information content (AvgIpc) is 3.30. The summed E-state index contributed by atoms with van der Waals surface area (Å²) in [4.78, 5) is 39.5. The number of carbonyl (C=O) groups excluding carboxylic acids is 2. The fourth-order valence-electron chi connectivity index (χ4n) is 3.42. The maximum absolute atomic E-state index is 12.2. The maximum Gasteiger partial charge on any atom is 0.274 e. The molecule has 3 rings (SSSR count). The molecule has 1 aliphatic heterocycles. The number of nitrogens with zero attached hydrogens (tertiary/aromatic N) is 3. The Hall–Kier alpha value is -3.45. The third kappa shape index (κ3) is 8.29. The van der Waals surface area contributed by atoms with Gasteiger partial charge in [0.05, 0.1) is 56.9 Å². The number of amides is 2. The van der Waals surface area contributed by atoms with Gasteiger partial charge in [0, 0.05) is 23.7 Å². The minimum Gasteiger partial charge on any atom is -0.495 e. The van der Waals surface area contributed by atoms with E-state index in [0.29, 0.717) is 53.4 Å². The number of likely N-dealkylation sites (N-methyl/N-ethyl adjacent to an activating group) is 1. The minimum absolute atomic E-state index is 0.0470. The van der Waals surface area contributed by atoms with E-state index >= 15 is 0 Å². The highest BCUT2D eigenvalue weighted by Crippen LogP contribution is 2.31. The number of hydroxylamine groups is 1. The average molecular weight is 535 g/mol. The van der Waals surface area contributed by atoms with Gasteiger partial charge in [0.2, 0.25) is 11.9 Å². The topological polar surface area (TPSA) is 136 Å². The monoisotopic (exact) mass is 534 g/mol. The van der Waals surface area contributed by atoms with E-state index in [4.69, 9.17) is 25.8 Å². The van der Waals surface area contributed by atoms with Crippen molar-refractivity contribution in [3.05, 3.63) is 52.8 Å². The van der Waals surface area contributed by atoms with Crippen molar-refractivity contribution >= 4 is 29.4 Å². The van der Waals surface area contributed by atoms with Crippen LogP contribution in [0.2, 0.25) is 5.02 Å². The first kappa shape index (κ1) is 28.1. The molecular formula is C24H31ClN6O6. The van der Waals surface area contributed by atoms with E-state index in [-0.39, 0.29) is 24.6 Å². The van der Waals surface area contributed by atoms with E-state index in [0.717, 1.165) is 0 Å². The quantitative estimate of drug-likeness (QED) is 0.271. The zero-order valence-electron chi connectivity index (χ0n) is 21.1. The fourth-order valence-corrected chi connectivity index (χ4v) is 3.67. The summed E-state index contributed by atoms with van der Waals surface area (Å²) >= 11 is 6.38. The SMILES string of the molecule is CONC(=O)c1cc(COc2cnc(NC3COCC3NC(=O)/C=C/CN(C)C)nc2)c(Cl)c(OC)c1. The second kappa shape index (κ2) is 13.7. The van der Waals surface area contributed by atoms with Gasteiger partial charge in [-0.15, -0.1) is 0 Å². The van der Waals surface area contributed by atoms with Gasteiger partial charge in [-0.1, -0.05) is 17.7 Å². The van der Waals surface area contributed by atoms with Crippen molar-refractivity contribution in [2.45, 2.75) is 18.7 Å². The highest BCUT2D eigenvalue weighted by atomic mass is 35.5. The van der Waals surface area contributed by atoms with Crippen molar-refractivity contribution in [1.82, 2.24) is 25.7 Å². The molecule has 1 aliphatic rings. The minimum atomic E-state index is -0.451. The summed E-state index contributed by atoms with van der Waals surface area (Å²) in [6, 6.07) is 2.67. The molecule has 2 heterocycles. The molecule has 0 saturated carbocycles. The Kier molecular flexibility index (Phi) is 10.4. The molecule has 0 spiro atoms. The van der Waals surface area contributed by atoms with Gasteiger partial charge in [0.1, 0.15) is 12.4 Å². The molecule has 0 bridgehead atoms. The normalized spacial score (nSPS) is 17.1. The lowest BCUT2D eigenvalue weighted by atomic mass is 10.1. The van der Waals surface area contributed by atoms with E-state index in [1.165, 1.54) is 38.8 Å². The van der Waals surface area contributed by atoms with Gasteiger partial charge in [0.15, 0.2) is 5.75 Å². The van der Waals surface area contributed by atoms with Crippen LogP contribution in [-0.4, -0.2) is 86.8 Å². The van der Waals surface area contributed by atoms with Gasteiger partial charge >= 0.3 is 0 Å². The Morgan fingerprint density at radius 3 is 2.59 bits per heavy atom. The van der Waals surface area contributed by atoms with E-state index in [9.17, 15) is 9.59 Å². The zero-order chi connectivity index (χ0) is 26.8. The molecule has 1 aromatic carbocycles. The largest absolute Gasteiger partial charge is 0.495 e. The van der Waals surface area contributed by atoms with Crippen LogP contribution in [-0.2, 0) is 21.0 Å². The van der Waals surface area contributed by atoms with Crippen LogP contribution in [0, 0.1) is 0 Å². The predicted molar refractivity (Wildman–Crippen MR) is 137 cm³/mol. The standard InChI is InChI=1S/C24H31ClN6O6/c1-31(2)7-5-6-21(32)28-18-13-36-14-19(18)29-24-26-10-17(11-27-24)37-12-16-8-15(23(33)30-35-4)9-20(34-3)22(16)25/h5-6,8-11,18-19H,7,12-14H2,1-4H3,(H,28,32)(H,30,33)(H,26,27,29)/b6-5+. The molecule has 3 N–H and O–H groups in total. The Balaban J connectivity index is 1.58. The molecule has 200 valence electrons. The maximum atomic E-state index is 12.2. The number of aromatic nitrogens is 2. The number of nitrogens with one attached hydrogen (secondary N) is 3. The molecule has 2 amide bonds. The second-order valence-corrected chi connectivity index (χ2v) is 8.76. The van der Waals surface area contributed by atoms with Crippen LogP contribution in [0.3, 0.4) is 0 Å². The van der Waals surface area contributed by atoms with Crippen molar-refractivity contribution in [3.8, 4) is 11.5 Å². The first-order valence-corrected chi connectivity index (χ1v) is 11.8. The third-order valence-corrected chi connectivity index (χ3v) is 5.71. The van der Waals surface area contributed by atoms with Crippen LogP contribution >= 0.6 is 11.6 Å². The van der Waals surface area contributed by atoms with Gasteiger partial charge in [-0.3, -0.25) is 14.4 Å². The smallest absolute Gasteiger partial charge is 0.274 e. The summed E-state index contributed by atoms with van der Waals surface area (Å²) < 4.78 is 16.6. The molecule has 1 aromatic heterocycles. The van der Waals surface area contributed by atoms with Crippen molar-refractivity contribution < 1.29 is 28.6 Å². The van der Waals surface area contributed by atoms with Gasteiger partial charge in [-0.05, 0) is 26.2 Å². The molecule has 0 radical (unpaired) electrons. The van der Waals surface area contributed by atoms with Crippen LogP contribution in [0.1, 0.15) is 15.9 Å². The molecule has 12 nitrogen and oxygen atoms in total. The highest BCUT2D eigenvalue weighted by molar-refractivity contribution is 6.33. The van der Waals surface area contributed by atoms with Crippen molar-refractivity contribution in [2.24, 2.45) is 0 Å². The van der Waals surface area contributed by atoms with E-state index in [1.807, 2.05) is 19.0 Å². The van der Waals surface area contributed by atoms with Gasteiger partial charge < -0.3 is 29.7 Å². The first-order chi connectivity index (χ1) is 17.8. The Morgan fingerprint density at radius 2 is 1.92 bits per heavy atom. The molecule has 13 heteroatoms.